The van der Waals surface area contributed by atoms with Crippen LogP contribution in [0.2, 0.25) is 0 Å². The van der Waals surface area contributed by atoms with E-state index < -0.39 is 0 Å². The average molecular weight is 869 g/mol. The van der Waals surface area contributed by atoms with Crippen molar-refractivity contribution in [1.29, 1.82) is 0 Å². The van der Waals surface area contributed by atoms with Crippen molar-refractivity contribution >= 4 is 93.5 Å². The maximum Gasteiger partial charge on any atom is 0.143 e. The predicted molar refractivity (Wildman–Crippen MR) is 284 cm³/mol. The van der Waals surface area contributed by atoms with Crippen LogP contribution in [0.3, 0.4) is 0 Å². The minimum Gasteiger partial charge on any atom is -0.456 e. The zero-order chi connectivity index (χ0) is 44.7. The first kappa shape index (κ1) is 38.2. The molecule has 0 fully saturated rings. The van der Waals surface area contributed by atoms with Crippen molar-refractivity contribution in [2.45, 2.75) is 0 Å². The second-order valence-corrected chi connectivity index (χ2v) is 17.7. The third-order valence-electron chi connectivity index (χ3n) is 13.8. The van der Waals surface area contributed by atoms with Gasteiger partial charge in [0.15, 0.2) is 0 Å². The largest absolute Gasteiger partial charge is 0.456 e. The minimum absolute atomic E-state index is 0.878. The van der Waals surface area contributed by atoms with Crippen LogP contribution < -0.4 is 4.90 Å². The van der Waals surface area contributed by atoms with Gasteiger partial charge < -0.3 is 18.3 Å². The van der Waals surface area contributed by atoms with Crippen LogP contribution in [0.5, 0.6) is 0 Å². The maximum atomic E-state index is 6.56. The van der Waals surface area contributed by atoms with E-state index in [1.807, 2.05) is 12.1 Å². The Morgan fingerprint density at radius 2 is 0.882 bits per heavy atom. The van der Waals surface area contributed by atoms with Gasteiger partial charge in [-0.3, -0.25) is 0 Å². The molecule has 68 heavy (non-hydrogen) atoms. The van der Waals surface area contributed by atoms with E-state index in [1.165, 1.54) is 27.2 Å². The van der Waals surface area contributed by atoms with Crippen molar-refractivity contribution in [3.63, 3.8) is 0 Å². The van der Waals surface area contributed by atoms with Crippen LogP contribution in [0, 0.1) is 0 Å². The summed E-state index contributed by atoms with van der Waals surface area (Å²) in [6.07, 6.45) is 0. The van der Waals surface area contributed by atoms with Gasteiger partial charge >= 0.3 is 0 Å². The summed E-state index contributed by atoms with van der Waals surface area (Å²) in [5, 5.41) is 9.28. The number of rotatable bonds is 7. The maximum absolute atomic E-state index is 6.56. The van der Waals surface area contributed by atoms with Crippen LogP contribution in [0.1, 0.15) is 0 Å². The second kappa shape index (κ2) is 15.2. The molecule has 0 amide bonds. The zero-order valence-electron chi connectivity index (χ0n) is 36.8. The molecule has 0 aliphatic rings. The molecule has 0 aliphatic heterocycles. The fourth-order valence-electron chi connectivity index (χ4n) is 10.5. The Balaban J connectivity index is 0.883. The Kier molecular flexibility index (Phi) is 8.55. The average Bonchev–Trinajstić information content (AvgIpc) is 4.09. The predicted octanol–water partition coefficient (Wildman–Crippen LogP) is 18.2. The summed E-state index contributed by atoms with van der Waals surface area (Å²) in [6.45, 7) is 0. The SMILES string of the molecule is c1cc(-c2ccc(N(c3ccc(-c4ccc5c(c4)oc4ccccc45)cc3)c3ccccc3-c3ccc4oc5c6ccccc6ccc5c4c3)cc2)cc(-n2c3ccccc3c3ccccc32)c1. The van der Waals surface area contributed by atoms with Gasteiger partial charge in [0.05, 0.1) is 16.7 Å². The van der Waals surface area contributed by atoms with Gasteiger partial charge in [-0.25, -0.2) is 0 Å². The lowest BCUT2D eigenvalue weighted by Gasteiger charge is -2.28. The van der Waals surface area contributed by atoms with E-state index in [4.69, 9.17) is 8.83 Å². The van der Waals surface area contributed by atoms with E-state index in [-0.39, 0.29) is 0 Å². The van der Waals surface area contributed by atoms with Crippen molar-refractivity contribution in [1.82, 2.24) is 4.57 Å². The van der Waals surface area contributed by atoms with Gasteiger partial charge in [-0.15, -0.1) is 0 Å². The number of aromatic nitrogens is 1. The summed E-state index contributed by atoms with van der Waals surface area (Å²) in [5.41, 5.74) is 17.1. The van der Waals surface area contributed by atoms with Gasteiger partial charge in [0.2, 0.25) is 0 Å². The minimum atomic E-state index is 0.878. The van der Waals surface area contributed by atoms with Crippen molar-refractivity contribution in [3.05, 3.63) is 243 Å². The Morgan fingerprint density at radius 1 is 0.309 bits per heavy atom. The molecule has 3 heterocycles. The van der Waals surface area contributed by atoms with Crippen LogP contribution in [0.25, 0.3) is 116 Å². The van der Waals surface area contributed by atoms with Crippen LogP contribution in [0.15, 0.2) is 251 Å². The van der Waals surface area contributed by atoms with Gasteiger partial charge in [-0.05, 0) is 124 Å². The molecule has 0 aliphatic carbocycles. The summed E-state index contributed by atoms with van der Waals surface area (Å²) in [6, 6.07) is 87.1. The number of hydrogen-bond donors (Lipinski definition) is 0. The highest BCUT2D eigenvalue weighted by Gasteiger charge is 2.20. The molecule has 14 aromatic rings. The summed E-state index contributed by atoms with van der Waals surface area (Å²) < 4.78 is 15.2. The van der Waals surface area contributed by atoms with E-state index in [2.05, 4.69) is 240 Å². The Morgan fingerprint density at radius 3 is 1.65 bits per heavy atom. The van der Waals surface area contributed by atoms with Crippen LogP contribution >= 0.6 is 0 Å². The highest BCUT2D eigenvalue weighted by molar-refractivity contribution is 6.16. The summed E-state index contributed by atoms with van der Waals surface area (Å²) in [5.74, 6) is 0. The molecule has 0 N–H and O–H groups in total. The smallest absolute Gasteiger partial charge is 0.143 e. The van der Waals surface area contributed by atoms with Crippen molar-refractivity contribution < 1.29 is 8.83 Å². The lowest BCUT2D eigenvalue weighted by Crippen LogP contribution is -2.11. The quantitative estimate of drug-likeness (QED) is 0.160. The molecule has 0 saturated carbocycles. The molecular weight excluding hydrogens is 829 g/mol. The molecule has 0 atom stereocenters. The van der Waals surface area contributed by atoms with E-state index in [0.29, 0.717) is 0 Å². The zero-order valence-corrected chi connectivity index (χ0v) is 36.8. The number of benzene rings is 11. The molecule has 4 nitrogen and oxygen atoms in total. The normalized spacial score (nSPS) is 11.8. The van der Waals surface area contributed by atoms with Crippen molar-refractivity contribution in [3.8, 4) is 39.1 Å². The summed E-state index contributed by atoms with van der Waals surface area (Å²) in [4.78, 5) is 2.38. The molecule has 0 spiro atoms. The molecular formula is C64H40N2O2. The van der Waals surface area contributed by atoms with Gasteiger partial charge in [-0.2, -0.15) is 0 Å². The van der Waals surface area contributed by atoms with Gasteiger partial charge in [0, 0.05) is 60.3 Å². The van der Waals surface area contributed by atoms with E-state index >= 15 is 0 Å². The number of hydrogen-bond acceptors (Lipinski definition) is 3. The standard InChI is InChI=1S/C64H40N2O2/c1-2-16-51-43(12-1)28-36-56-57-39-46(30-37-62(57)68-64(51)56)50-15-3-7-20-58(50)65(48-33-26-42(27-34-48)45-29-35-55-54-19-6-10-23-61(54)67-63(55)40-45)47-31-24-41(25-32-47)44-13-11-14-49(38-44)66-59-21-8-4-17-52(59)53-18-5-9-22-60(53)66/h1-40H. The Labute approximate surface area is 391 Å². The number of furan rings is 2. The van der Waals surface area contributed by atoms with Crippen LogP contribution in [0.4, 0.5) is 17.1 Å². The fraction of sp³-hybridized carbons (Fsp3) is 0. The molecule has 14 rings (SSSR count). The topological polar surface area (TPSA) is 34.5 Å². The van der Waals surface area contributed by atoms with Crippen LogP contribution in [-0.2, 0) is 0 Å². The molecule has 3 aromatic heterocycles. The third kappa shape index (κ3) is 6.08. The number of anilines is 3. The number of para-hydroxylation sites is 4. The molecule has 4 heteroatoms. The highest BCUT2D eigenvalue weighted by Crippen LogP contribution is 2.44. The first-order valence-electron chi connectivity index (χ1n) is 23.1. The fourth-order valence-corrected chi connectivity index (χ4v) is 10.5. The number of fused-ring (bicyclic) bond motifs is 11. The third-order valence-corrected chi connectivity index (χ3v) is 13.8. The van der Waals surface area contributed by atoms with Crippen molar-refractivity contribution in [2.24, 2.45) is 0 Å². The molecule has 0 radical (unpaired) electrons. The van der Waals surface area contributed by atoms with E-state index in [1.54, 1.807) is 0 Å². The van der Waals surface area contributed by atoms with Gasteiger partial charge in [-0.1, -0.05) is 152 Å². The Hall–Kier alpha value is -9.12. The molecule has 0 unspecified atom stereocenters. The van der Waals surface area contributed by atoms with Gasteiger partial charge in [0.1, 0.15) is 22.3 Å². The monoisotopic (exact) mass is 868 g/mol. The summed E-state index contributed by atoms with van der Waals surface area (Å²) in [7, 11) is 0. The number of nitrogens with zero attached hydrogens (tertiary/aromatic N) is 2. The molecule has 0 bridgehead atoms. The lowest BCUT2D eigenvalue weighted by atomic mass is 9.98. The molecule has 11 aromatic carbocycles. The van der Waals surface area contributed by atoms with Gasteiger partial charge in [0.25, 0.3) is 0 Å². The van der Waals surface area contributed by atoms with Crippen LogP contribution in [-0.4, -0.2) is 4.57 Å². The summed E-state index contributed by atoms with van der Waals surface area (Å²) >= 11 is 0. The van der Waals surface area contributed by atoms with E-state index in [9.17, 15) is 0 Å². The Bertz CT molecular complexity index is 4210. The highest BCUT2D eigenvalue weighted by atomic mass is 16.3. The molecule has 318 valence electrons. The molecule has 0 saturated heterocycles. The first-order chi connectivity index (χ1) is 33.7. The lowest BCUT2D eigenvalue weighted by molar-refractivity contribution is 0.669. The van der Waals surface area contributed by atoms with Crippen molar-refractivity contribution in [2.75, 3.05) is 4.90 Å². The van der Waals surface area contributed by atoms with E-state index in [0.717, 1.165) is 105 Å². The first-order valence-corrected chi connectivity index (χ1v) is 23.1. The second-order valence-electron chi connectivity index (χ2n) is 17.7.